The van der Waals surface area contributed by atoms with Gasteiger partial charge in [-0.1, -0.05) is 30.3 Å². The summed E-state index contributed by atoms with van der Waals surface area (Å²) in [5.74, 6) is 0.517. The van der Waals surface area contributed by atoms with Gasteiger partial charge in [0.15, 0.2) is 11.5 Å². The van der Waals surface area contributed by atoms with Crippen molar-refractivity contribution in [3.05, 3.63) is 60.3 Å². The van der Waals surface area contributed by atoms with Crippen LogP contribution in [0.2, 0.25) is 0 Å². The van der Waals surface area contributed by atoms with Crippen molar-refractivity contribution in [2.24, 2.45) is 0 Å². The summed E-state index contributed by atoms with van der Waals surface area (Å²) < 4.78 is 11.2. The Bertz CT molecular complexity index is 1030. The highest BCUT2D eigenvalue weighted by Gasteiger charge is 2.29. The number of aromatic nitrogens is 1. The van der Waals surface area contributed by atoms with E-state index in [4.69, 9.17) is 9.47 Å². The van der Waals surface area contributed by atoms with Gasteiger partial charge in [-0.25, -0.2) is 0 Å². The first kappa shape index (κ1) is 18.9. The van der Waals surface area contributed by atoms with Crippen LogP contribution in [0.15, 0.2) is 54.7 Å². The van der Waals surface area contributed by atoms with E-state index in [2.05, 4.69) is 21.7 Å². The van der Waals surface area contributed by atoms with Crippen LogP contribution in [0.25, 0.3) is 10.9 Å². The molecule has 2 aromatic carbocycles. The van der Waals surface area contributed by atoms with E-state index in [1.54, 1.807) is 19.1 Å². The molecule has 7 heteroatoms. The van der Waals surface area contributed by atoms with E-state index in [9.17, 15) is 9.59 Å². The van der Waals surface area contributed by atoms with Crippen molar-refractivity contribution < 1.29 is 19.1 Å². The Hall–Kier alpha value is -3.48. The summed E-state index contributed by atoms with van der Waals surface area (Å²) in [6.07, 6.45) is 1.87. The topological polar surface area (TPSA) is 92.4 Å². The third-order valence-corrected chi connectivity index (χ3v) is 4.92. The average Bonchev–Trinajstić information content (AvgIpc) is 3.16. The van der Waals surface area contributed by atoms with Crippen LogP contribution < -0.4 is 20.1 Å². The number of carbonyl (C=O) groups is 2. The lowest BCUT2D eigenvalue weighted by molar-refractivity contribution is -0.134. The second-order valence-electron chi connectivity index (χ2n) is 7.00. The van der Waals surface area contributed by atoms with Gasteiger partial charge in [0.05, 0.1) is 0 Å². The minimum Gasteiger partial charge on any atom is -0.485 e. The summed E-state index contributed by atoms with van der Waals surface area (Å²) in [5, 5.41) is 6.71. The largest absolute Gasteiger partial charge is 0.485 e. The molecule has 0 bridgehead atoms. The van der Waals surface area contributed by atoms with Crippen LogP contribution in [-0.4, -0.2) is 42.1 Å². The summed E-state index contributed by atoms with van der Waals surface area (Å²) in [6.45, 7) is 2.24. The zero-order valence-electron chi connectivity index (χ0n) is 16.1. The van der Waals surface area contributed by atoms with Crippen LogP contribution >= 0.6 is 0 Å². The minimum absolute atomic E-state index is 0.109. The van der Waals surface area contributed by atoms with Gasteiger partial charge in [-0.3, -0.25) is 9.59 Å². The Labute approximate surface area is 168 Å². The van der Waals surface area contributed by atoms with Gasteiger partial charge < -0.3 is 25.1 Å². The van der Waals surface area contributed by atoms with Crippen molar-refractivity contribution in [3.8, 4) is 11.5 Å². The number of fused-ring (bicyclic) bond motifs is 2. The van der Waals surface area contributed by atoms with Crippen molar-refractivity contribution >= 4 is 22.7 Å². The normalized spacial score (nSPS) is 16.2. The lowest BCUT2D eigenvalue weighted by Crippen LogP contribution is -2.51. The van der Waals surface area contributed by atoms with Crippen molar-refractivity contribution in [1.29, 1.82) is 0 Å². The standard InChI is InChI=1S/C22H23N3O4/c1-14(25-22(27)20-13-28-18-8-4-5-9-19(18)29-20)21(26)23-11-10-15-12-24-17-7-3-2-6-16(15)17/h2-9,12,14,20,24H,10-11,13H2,1H3,(H,23,26)(H,25,27)/t14-,20-/m0/s1. The zero-order chi connectivity index (χ0) is 20.2. The van der Waals surface area contributed by atoms with Crippen LogP contribution in [0.1, 0.15) is 12.5 Å². The Balaban J connectivity index is 1.26. The fraction of sp³-hybridized carbons (Fsp3) is 0.273. The summed E-state index contributed by atoms with van der Waals surface area (Å²) in [4.78, 5) is 28.0. The second-order valence-corrected chi connectivity index (χ2v) is 7.00. The van der Waals surface area contributed by atoms with Gasteiger partial charge in [0.1, 0.15) is 12.6 Å². The molecule has 2 amide bonds. The van der Waals surface area contributed by atoms with Crippen LogP contribution in [-0.2, 0) is 16.0 Å². The Kier molecular flexibility index (Phi) is 5.37. The van der Waals surface area contributed by atoms with Crippen LogP contribution in [0.5, 0.6) is 11.5 Å². The maximum absolute atomic E-state index is 12.4. The third-order valence-electron chi connectivity index (χ3n) is 4.92. The van der Waals surface area contributed by atoms with Crippen LogP contribution in [0.3, 0.4) is 0 Å². The molecule has 0 spiro atoms. The molecule has 2 heterocycles. The van der Waals surface area contributed by atoms with Gasteiger partial charge >= 0.3 is 0 Å². The van der Waals surface area contributed by atoms with Crippen molar-refractivity contribution in [1.82, 2.24) is 15.6 Å². The number of nitrogens with one attached hydrogen (secondary N) is 3. The molecule has 1 aliphatic heterocycles. The van der Waals surface area contributed by atoms with E-state index >= 15 is 0 Å². The van der Waals surface area contributed by atoms with Crippen LogP contribution in [0, 0.1) is 0 Å². The van der Waals surface area contributed by atoms with E-state index in [-0.39, 0.29) is 18.4 Å². The van der Waals surface area contributed by atoms with E-state index in [1.807, 2.05) is 36.5 Å². The lowest BCUT2D eigenvalue weighted by Gasteiger charge is -2.26. The summed E-state index contributed by atoms with van der Waals surface area (Å²) in [6, 6.07) is 14.5. The number of rotatable bonds is 6. The SMILES string of the molecule is C[C@H](NC(=O)[C@@H]1COc2ccccc2O1)C(=O)NCCc1c[nH]c2ccccc12. The number of hydrogen-bond acceptors (Lipinski definition) is 4. The number of amides is 2. The molecule has 0 radical (unpaired) electrons. The quantitative estimate of drug-likeness (QED) is 0.599. The van der Waals surface area contributed by atoms with Gasteiger partial charge in [-0.05, 0) is 37.1 Å². The summed E-state index contributed by atoms with van der Waals surface area (Å²) >= 11 is 0. The first-order valence-electron chi connectivity index (χ1n) is 9.63. The predicted molar refractivity (Wildman–Crippen MR) is 109 cm³/mol. The van der Waals surface area contributed by atoms with Crippen molar-refractivity contribution in [2.75, 3.05) is 13.2 Å². The van der Waals surface area contributed by atoms with E-state index < -0.39 is 12.1 Å². The minimum atomic E-state index is -0.786. The number of ether oxygens (including phenoxy) is 2. The molecule has 0 aliphatic carbocycles. The number of benzene rings is 2. The summed E-state index contributed by atoms with van der Waals surface area (Å²) in [7, 11) is 0. The van der Waals surface area contributed by atoms with Gasteiger partial charge in [-0.2, -0.15) is 0 Å². The van der Waals surface area contributed by atoms with E-state index in [1.165, 1.54) is 0 Å². The van der Waals surface area contributed by atoms with Gasteiger partial charge in [0, 0.05) is 23.6 Å². The Morgan fingerprint density at radius 1 is 1.14 bits per heavy atom. The molecule has 3 N–H and O–H groups in total. The van der Waals surface area contributed by atoms with Gasteiger partial charge in [0.25, 0.3) is 5.91 Å². The van der Waals surface area contributed by atoms with Crippen LogP contribution in [0.4, 0.5) is 0 Å². The molecule has 1 aliphatic rings. The highest BCUT2D eigenvalue weighted by atomic mass is 16.6. The lowest BCUT2D eigenvalue weighted by atomic mass is 10.1. The Morgan fingerprint density at radius 2 is 1.90 bits per heavy atom. The van der Waals surface area contributed by atoms with Crippen molar-refractivity contribution in [3.63, 3.8) is 0 Å². The van der Waals surface area contributed by atoms with Crippen molar-refractivity contribution in [2.45, 2.75) is 25.5 Å². The molecule has 29 heavy (non-hydrogen) atoms. The third kappa shape index (κ3) is 4.18. The fourth-order valence-corrected chi connectivity index (χ4v) is 3.33. The molecule has 0 saturated heterocycles. The first-order chi connectivity index (χ1) is 14.1. The molecule has 4 rings (SSSR count). The molecule has 150 valence electrons. The van der Waals surface area contributed by atoms with E-state index in [0.717, 1.165) is 16.5 Å². The molecule has 1 aromatic heterocycles. The maximum atomic E-state index is 12.4. The van der Waals surface area contributed by atoms with E-state index in [0.29, 0.717) is 24.5 Å². The molecular formula is C22H23N3O4. The monoisotopic (exact) mass is 393 g/mol. The Morgan fingerprint density at radius 3 is 2.76 bits per heavy atom. The number of H-pyrrole nitrogens is 1. The highest BCUT2D eigenvalue weighted by Crippen LogP contribution is 2.30. The number of para-hydroxylation sites is 3. The average molecular weight is 393 g/mol. The molecule has 7 nitrogen and oxygen atoms in total. The molecule has 0 fully saturated rings. The number of aromatic amines is 1. The number of hydrogen-bond donors (Lipinski definition) is 3. The molecule has 2 atom stereocenters. The molecule has 3 aromatic rings. The molecular weight excluding hydrogens is 370 g/mol. The van der Waals surface area contributed by atoms with Gasteiger partial charge in [0.2, 0.25) is 12.0 Å². The smallest absolute Gasteiger partial charge is 0.265 e. The highest BCUT2D eigenvalue weighted by molar-refractivity contribution is 5.89. The van der Waals surface area contributed by atoms with Gasteiger partial charge in [-0.15, -0.1) is 0 Å². The number of carbonyl (C=O) groups excluding carboxylic acids is 2. The maximum Gasteiger partial charge on any atom is 0.265 e. The molecule has 0 unspecified atom stereocenters. The molecule has 0 saturated carbocycles. The second kappa shape index (κ2) is 8.26. The predicted octanol–water partition coefficient (Wildman–Crippen LogP) is 2.17. The summed E-state index contributed by atoms with van der Waals surface area (Å²) in [5.41, 5.74) is 2.22. The zero-order valence-corrected chi connectivity index (χ0v) is 16.1. The fourth-order valence-electron chi connectivity index (χ4n) is 3.33. The first-order valence-corrected chi connectivity index (χ1v) is 9.63.